The predicted molar refractivity (Wildman–Crippen MR) is 72.9 cm³/mol. The van der Waals surface area contributed by atoms with Crippen LogP contribution < -0.4 is 5.73 Å². The van der Waals surface area contributed by atoms with E-state index in [4.69, 9.17) is 5.73 Å². The van der Waals surface area contributed by atoms with Crippen LogP contribution in [0.1, 0.15) is 25.8 Å². The quantitative estimate of drug-likeness (QED) is 0.889. The largest absolute Gasteiger partial charge is 0.328 e. The highest BCUT2D eigenvalue weighted by Crippen LogP contribution is 2.22. The fourth-order valence-electron chi connectivity index (χ4n) is 2.78. The predicted octanol–water partition coefficient (Wildman–Crippen LogP) is 2.43. The maximum absolute atomic E-state index is 13.1. The van der Waals surface area contributed by atoms with E-state index >= 15 is 0 Å². The second-order valence-corrected chi connectivity index (χ2v) is 5.59. The molecule has 0 aliphatic carbocycles. The molecule has 1 aliphatic rings. The highest BCUT2D eigenvalue weighted by molar-refractivity contribution is 5.17. The van der Waals surface area contributed by atoms with E-state index in [0.717, 1.165) is 25.1 Å². The van der Waals surface area contributed by atoms with Gasteiger partial charge in [0.2, 0.25) is 0 Å². The summed E-state index contributed by atoms with van der Waals surface area (Å²) in [5.41, 5.74) is 7.03. The molecule has 0 bridgehead atoms. The van der Waals surface area contributed by atoms with Crippen molar-refractivity contribution in [3.8, 4) is 0 Å². The van der Waals surface area contributed by atoms with E-state index in [1.54, 1.807) is 12.1 Å². The van der Waals surface area contributed by atoms with Crippen LogP contribution in [0.3, 0.4) is 0 Å². The smallest absolute Gasteiger partial charge is 0.123 e. The fraction of sp³-hybridized carbons (Fsp3) is 0.600. The molecule has 2 N–H and O–H groups in total. The molecule has 1 saturated heterocycles. The van der Waals surface area contributed by atoms with Gasteiger partial charge in [0.25, 0.3) is 0 Å². The molecule has 18 heavy (non-hydrogen) atoms. The molecule has 0 amide bonds. The van der Waals surface area contributed by atoms with Crippen LogP contribution in [0.5, 0.6) is 0 Å². The van der Waals surface area contributed by atoms with E-state index in [2.05, 4.69) is 18.7 Å². The Labute approximate surface area is 109 Å². The van der Waals surface area contributed by atoms with Gasteiger partial charge in [0.05, 0.1) is 0 Å². The summed E-state index contributed by atoms with van der Waals surface area (Å²) in [4.78, 5) is 2.47. The van der Waals surface area contributed by atoms with Gasteiger partial charge in [0.15, 0.2) is 0 Å². The topological polar surface area (TPSA) is 29.3 Å². The van der Waals surface area contributed by atoms with Gasteiger partial charge in [-0.1, -0.05) is 12.1 Å². The van der Waals surface area contributed by atoms with Gasteiger partial charge in [-0.05, 0) is 56.8 Å². The number of likely N-dealkylation sites (tertiary alicyclic amines) is 1. The van der Waals surface area contributed by atoms with Gasteiger partial charge < -0.3 is 5.73 Å². The average Bonchev–Trinajstić information content (AvgIpc) is 2.78. The lowest BCUT2D eigenvalue weighted by Gasteiger charge is -2.25. The van der Waals surface area contributed by atoms with Crippen molar-refractivity contribution in [2.75, 3.05) is 13.1 Å². The lowest BCUT2D eigenvalue weighted by Crippen LogP contribution is -2.35. The minimum atomic E-state index is -0.144. The zero-order valence-electron chi connectivity index (χ0n) is 11.3. The number of nitrogens with two attached hydrogens (primary N) is 1. The molecule has 0 spiro atoms. The van der Waals surface area contributed by atoms with Gasteiger partial charge in [-0.15, -0.1) is 0 Å². The van der Waals surface area contributed by atoms with Crippen molar-refractivity contribution >= 4 is 0 Å². The molecule has 0 radical (unpaired) electrons. The maximum atomic E-state index is 13.1. The summed E-state index contributed by atoms with van der Waals surface area (Å²) in [5, 5.41) is 0. The molecule has 1 fully saturated rings. The first-order valence-electron chi connectivity index (χ1n) is 6.80. The van der Waals surface area contributed by atoms with Crippen LogP contribution in [-0.2, 0) is 6.42 Å². The van der Waals surface area contributed by atoms with Crippen molar-refractivity contribution in [1.82, 2.24) is 4.90 Å². The summed E-state index contributed by atoms with van der Waals surface area (Å²) in [6, 6.07) is 7.64. The fourth-order valence-corrected chi connectivity index (χ4v) is 2.78. The molecule has 100 valence electrons. The highest BCUT2D eigenvalue weighted by Gasteiger charge is 2.28. The van der Waals surface area contributed by atoms with E-state index in [0.29, 0.717) is 12.0 Å². The Morgan fingerprint density at radius 2 is 2.22 bits per heavy atom. The molecular weight excluding hydrogens is 227 g/mol. The number of hydrogen-bond acceptors (Lipinski definition) is 2. The number of halogens is 1. The summed E-state index contributed by atoms with van der Waals surface area (Å²) in [6.07, 6.45) is 2.09. The Balaban J connectivity index is 1.91. The van der Waals surface area contributed by atoms with Crippen LogP contribution in [0.4, 0.5) is 4.39 Å². The zero-order chi connectivity index (χ0) is 13.1. The van der Waals surface area contributed by atoms with Crippen LogP contribution in [0, 0.1) is 11.7 Å². The Bertz CT molecular complexity index is 392. The third-order valence-electron chi connectivity index (χ3n) is 4.04. The molecule has 3 atom stereocenters. The molecule has 3 unspecified atom stereocenters. The van der Waals surface area contributed by atoms with Crippen molar-refractivity contribution in [3.63, 3.8) is 0 Å². The summed E-state index contributed by atoms with van der Waals surface area (Å²) < 4.78 is 13.1. The molecular formula is C15H23FN2. The van der Waals surface area contributed by atoms with E-state index in [-0.39, 0.29) is 11.9 Å². The zero-order valence-corrected chi connectivity index (χ0v) is 11.3. The van der Waals surface area contributed by atoms with Crippen molar-refractivity contribution in [2.45, 2.75) is 38.8 Å². The summed E-state index contributed by atoms with van der Waals surface area (Å²) in [7, 11) is 0. The van der Waals surface area contributed by atoms with Crippen LogP contribution >= 0.6 is 0 Å². The Morgan fingerprint density at radius 1 is 1.44 bits per heavy atom. The van der Waals surface area contributed by atoms with Gasteiger partial charge in [0.1, 0.15) is 5.82 Å². The first kappa shape index (κ1) is 13.5. The molecule has 0 aromatic heterocycles. The van der Waals surface area contributed by atoms with E-state index in [1.165, 1.54) is 12.5 Å². The van der Waals surface area contributed by atoms with E-state index < -0.39 is 0 Å². The minimum absolute atomic E-state index is 0.144. The highest BCUT2D eigenvalue weighted by atomic mass is 19.1. The molecule has 0 saturated carbocycles. The third kappa shape index (κ3) is 3.30. The summed E-state index contributed by atoms with van der Waals surface area (Å²) in [5.74, 6) is 0.467. The Morgan fingerprint density at radius 3 is 2.83 bits per heavy atom. The molecule has 1 aromatic carbocycles. The van der Waals surface area contributed by atoms with Crippen LogP contribution in [0.25, 0.3) is 0 Å². The van der Waals surface area contributed by atoms with Gasteiger partial charge in [0, 0.05) is 18.6 Å². The number of benzene rings is 1. The van der Waals surface area contributed by atoms with Gasteiger partial charge in [-0.25, -0.2) is 4.39 Å². The van der Waals surface area contributed by atoms with Crippen molar-refractivity contribution in [3.05, 3.63) is 35.6 Å². The number of hydrogen-bond donors (Lipinski definition) is 1. The first-order valence-corrected chi connectivity index (χ1v) is 6.80. The molecule has 1 heterocycles. The van der Waals surface area contributed by atoms with Crippen molar-refractivity contribution < 1.29 is 4.39 Å². The summed E-state index contributed by atoms with van der Waals surface area (Å²) >= 11 is 0. The second-order valence-electron chi connectivity index (χ2n) is 5.59. The van der Waals surface area contributed by atoms with E-state index in [9.17, 15) is 4.39 Å². The van der Waals surface area contributed by atoms with E-state index in [1.807, 2.05) is 6.07 Å². The van der Waals surface area contributed by atoms with Gasteiger partial charge >= 0.3 is 0 Å². The second kappa shape index (κ2) is 5.81. The Hall–Kier alpha value is -0.930. The van der Waals surface area contributed by atoms with Gasteiger partial charge in [-0.2, -0.15) is 0 Å². The molecule has 1 aromatic rings. The molecule has 2 nitrogen and oxygen atoms in total. The van der Waals surface area contributed by atoms with Gasteiger partial charge in [-0.3, -0.25) is 4.90 Å². The molecule has 3 heteroatoms. The monoisotopic (exact) mass is 250 g/mol. The third-order valence-corrected chi connectivity index (χ3v) is 4.04. The van der Waals surface area contributed by atoms with Crippen LogP contribution in [-0.4, -0.2) is 30.1 Å². The van der Waals surface area contributed by atoms with Crippen LogP contribution in [0.2, 0.25) is 0 Å². The summed E-state index contributed by atoms with van der Waals surface area (Å²) in [6.45, 7) is 6.50. The minimum Gasteiger partial charge on any atom is -0.328 e. The van der Waals surface area contributed by atoms with Crippen molar-refractivity contribution in [2.24, 2.45) is 11.7 Å². The number of rotatable bonds is 4. The first-order chi connectivity index (χ1) is 8.56. The standard InChI is InChI=1S/C15H23FN2/c1-11(8-13-4-3-5-15(16)9-13)18-7-6-14(10-18)12(2)17/h3-5,9,11-12,14H,6-8,10,17H2,1-2H3. The van der Waals surface area contributed by atoms with Crippen molar-refractivity contribution in [1.29, 1.82) is 0 Å². The Kier molecular flexibility index (Phi) is 4.36. The van der Waals surface area contributed by atoms with Crippen LogP contribution in [0.15, 0.2) is 24.3 Å². The maximum Gasteiger partial charge on any atom is 0.123 e. The molecule has 2 rings (SSSR count). The molecule has 1 aliphatic heterocycles. The lowest BCUT2D eigenvalue weighted by molar-refractivity contribution is 0.243. The lowest BCUT2D eigenvalue weighted by atomic mass is 10.0. The SMILES string of the molecule is CC(N)C1CCN(C(C)Cc2cccc(F)c2)C1. The number of nitrogens with zero attached hydrogens (tertiary/aromatic N) is 1. The average molecular weight is 250 g/mol. The normalized spacial score (nSPS) is 24.1.